The second-order valence-electron chi connectivity index (χ2n) is 10.8. The molecule has 2 aliphatic heterocycles. The Bertz CT molecular complexity index is 1300. The molecule has 220 valence electrons. The predicted molar refractivity (Wildman–Crippen MR) is 169 cm³/mol. The number of anilines is 1. The number of ether oxygens (including phenoxy) is 2. The Morgan fingerprint density at radius 3 is 2.34 bits per heavy atom. The normalized spacial score (nSPS) is 20.2. The monoisotopic (exact) mass is 596 g/mol. The number of unbranched alkanes of at least 4 members (excludes halogenated alkanes) is 1. The second-order valence-corrected chi connectivity index (χ2v) is 12.2. The first-order valence-corrected chi connectivity index (χ1v) is 15.0. The Morgan fingerprint density at radius 2 is 1.63 bits per heavy atom. The van der Waals surface area contributed by atoms with Crippen molar-refractivity contribution in [3.63, 3.8) is 0 Å². The molecule has 3 aromatic carbocycles. The molecule has 0 bridgehead atoms. The zero-order valence-electron chi connectivity index (χ0n) is 24.1. The highest BCUT2D eigenvalue weighted by Crippen LogP contribution is 2.54. The lowest BCUT2D eigenvalue weighted by atomic mass is 9.87. The van der Waals surface area contributed by atoms with Crippen molar-refractivity contribution in [2.75, 3.05) is 45.8 Å². The van der Waals surface area contributed by atoms with E-state index < -0.39 is 4.75 Å². The molecule has 1 fully saturated rings. The van der Waals surface area contributed by atoms with Gasteiger partial charge in [-0.25, -0.2) is 0 Å². The summed E-state index contributed by atoms with van der Waals surface area (Å²) >= 11 is 1.66. The van der Waals surface area contributed by atoms with Crippen LogP contribution >= 0.6 is 24.2 Å². The number of piperidine rings is 1. The molecule has 2 unspecified atom stereocenters. The first-order chi connectivity index (χ1) is 19.5. The SMILES string of the molecule is COc1ccc(C2(CCCCN3CCC(C(O)c4ccccc4)CC3)Sc3ccccc3N(C)C2=O)cc1OC.Cl. The Balaban J connectivity index is 0.00000387. The summed E-state index contributed by atoms with van der Waals surface area (Å²) in [5, 5.41) is 10.8. The average molecular weight is 597 g/mol. The largest absolute Gasteiger partial charge is 0.493 e. The molecule has 8 heteroatoms. The van der Waals surface area contributed by atoms with Gasteiger partial charge in [-0.15, -0.1) is 24.2 Å². The van der Waals surface area contributed by atoms with Crippen LogP contribution in [0.15, 0.2) is 77.7 Å². The third-order valence-electron chi connectivity index (χ3n) is 8.48. The number of aliphatic hydroxyl groups excluding tert-OH is 1. The standard InChI is InChI=1S/C33H40N2O4S.ClH/c1-34-27-13-7-8-14-30(27)40-33(32(34)37,26-15-16-28(38-2)29(23-26)39-3)19-9-10-20-35-21-17-25(18-22-35)31(36)24-11-5-4-6-12-24;/h4-8,11-16,23,25,31,36H,9-10,17-22H2,1-3H3;1H. The van der Waals surface area contributed by atoms with E-state index >= 15 is 0 Å². The number of aliphatic hydroxyl groups is 1. The molecule has 0 spiro atoms. The zero-order valence-corrected chi connectivity index (χ0v) is 25.8. The van der Waals surface area contributed by atoms with Gasteiger partial charge in [0.2, 0.25) is 5.91 Å². The third kappa shape index (κ3) is 6.54. The molecule has 0 aromatic heterocycles. The van der Waals surface area contributed by atoms with Crippen molar-refractivity contribution in [3.05, 3.63) is 83.9 Å². The first kappa shape index (κ1) is 31.2. The molecule has 41 heavy (non-hydrogen) atoms. The van der Waals surface area contributed by atoms with Gasteiger partial charge in [-0.05, 0) is 93.0 Å². The van der Waals surface area contributed by atoms with Gasteiger partial charge >= 0.3 is 0 Å². The number of nitrogens with zero attached hydrogens (tertiary/aromatic N) is 2. The lowest BCUT2D eigenvalue weighted by molar-refractivity contribution is -0.121. The predicted octanol–water partition coefficient (Wildman–Crippen LogP) is 6.71. The molecule has 0 aliphatic carbocycles. The highest BCUT2D eigenvalue weighted by atomic mass is 35.5. The molecule has 6 nitrogen and oxygen atoms in total. The van der Waals surface area contributed by atoms with Crippen molar-refractivity contribution in [3.8, 4) is 11.5 Å². The zero-order chi connectivity index (χ0) is 28.1. The van der Waals surface area contributed by atoms with Crippen molar-refractivity contribution < 1.29 is 19.4 Å². The smallest absolute Gasteiger partial charge is 0.247 e. The van der Waals surface area contributed by atoms with Crippen LogP contribution in [0.25, 0.3) is 0 Å². The summed E-state index contributed by atoms with van der Waals surface area (Å²) in [6.45, 7) is 3.00. The number of halogens is 1. The molecule has 2 atom stereocenters. The van der Waals surface area contributed by atoms with Gasteiger partial charge in [-0.2, -0.15) is 0 Å². The van der Waals surface area contributed by atoms with Crippen LogP contribution in [0, 0.1) is 5.92 Å². The van der Waals surface area contributed by atoms with Crippen LogP contribution in [-0.2, 0) is 9.54 Å². The van der Waals surface area contributed by atoms with Crippen LogP contribution in [0.3, 0.4) is 0 Å². The van der Waals surface area contributed by atoms with E-state index in [1.54, 1.807) is 26.0 Å². The maximum absolute atomic E-state index is 14.1. The number of hydrogen-bond donors (Lipinski definition) is 1. The van der Waals surface area contributed by atoms with Crippen LogP contribution in [-0.4, -0.2) is 56.8 Å². The van der Waals surface area contributed by atoms with Crippen molar-refractivity contribution in [2.24, 2.45) is 5.92 Å². The molecule has 0 saturated carbocycles. The number of hydrogen-bond acceptors (Lipinski definition) is 6. The molecule has 1 N–H and O–H groups in total. The Morgan fingerprint density at radius 1 is 0.951 bits per heavy atom. The molecule has 5 rings (SSSR count). The van der Waals surface area contributed by atoms with Crippen LogP contribution in [0.4, 0.5) is 5.69 Å². The van der Waals surface area contributed by atoms with Gasteiger partial charge in [0.15, 0.2) is 11.5 Å². The van der Waals surface area contributed by atoms with Crippen LogP contribution in [0.1, 0.15) is 49.3 Å². The topological polar surface area (TPSA) is 62.2 Å². The fourth-order valence-corrected chi connectivity index (χ4v) is 7.68. The number of thioether (sulfide) groups is 1. The minimum absolute atomic E-state index is 0. The summed E-state index contributed by atoms with van der Waals surface area (Å²) in [6, 6.07) is 24.0. The summed E-state index contributed by atoms with van der Waals surface area (Å²) in [7, 11) is 5.14. The summed E-state index contributed by atoms with van der Waals surface area (Å²) in [4.78, 5) is 19.5. The number of fused-ring (bicyclic) bond motifs is 1. The number of benzene rings is 3. The molecule has 2 heterocycles. The second kappa shape index (κ2) is 14.0. The maximum Gasteiger partial charge on any atom is 0.247 e. The maximum atomic E-state index is 14.1. The van der Waals surface area contributed by atoms with Crippen molar-refractivity contribution >= 4 is 35.8 Å². The molecule has 3 aromatic rings. The lowest BCUT2D eigenvalue weighted by Crippen LogP contribution is -2.46. The fourth-order valence-electron chi connectivity index (χ4n) is 6.13. The van der Waals surface area contributed by atoms with E-state index in [1.807, 2.05) is 78.7 Å². The number of carbonyl (C=O) groups excluding carboxylic acids is 1. The van der Waals surface area contributed by atoms with Crippen molar-refractivity contribution in [1.82, 2.24) is 4.90 Å². The number of rotatable bonds is 10. The highest BCUT2D eigenvalue weighted by Gasteiger charge is 2.47. The lowest BCUT2D eigenvalue weighted by Gasteiger charge is -2.41. The number of methoxy groups -OCH3 is 2. The average Bonchev–Trinajstić information content (AvgIpc) is 3.01. The Hall–Kier alpha value is -2.71. The molecular formula is C33H41ClN2O4S. The first-order valence-electron chi connectivity index (χ1n) is 14.2. The number of likely N-dealkylation sites (N-methyl/N-ethyl adjacent to an activating group) is 1. The summed E-state index contributed by atoms with van der Waals surface area (Å²) in [5.41, 5.74) is 2.91. The van der Waals surface area contributed by atoms with E-state index in [-0.39, 0.29) is 24.4 Å². The van der Waals surface area contributed by atoms with E-state index in [0.29, 0.717) is 17.4 Å². The fraction of sp³-hybridized carbons (Fsp3) is 0.424. The van der Waals surface area contributed by atoms with Crippen LogP contribution in [0.5, 0.6) is 11.5 Å². The number of likely N-dealkylation sites (tertiary alicyclic amines) is 1. The molecule has 0 radical (unpaired) electrons. The third-order valence-corrected chi connectivity index (χ3v) is 10.0. The summed E-state index contributed by atoms with van der Waals surface area (Å²) in [5.74, 6) is 1.69. The quantitative estimate of drug-likeness (QED) is 0.263. The molecule has 1 amide bonds. The van der Waals surface area contributed by atoms with E-state index in [2.05, 4.69) is 11.0 Å². The van der Waals surface area contributed by atoms with E-state index in [1.165, 1.54) is 0 Å². The van der Waals surface area contributed by atoms with E-state index in [0.717, 1.165) is 73.4 Å². The Kier molecular flexibility index (Phi) is 10.6. The van der Waals surface area contributed by atoms with Gasteiger partial charge in [0.1, 0.15) is 4.75 Å². The summed E-state index contributed by atoms with van der Waals surface area (Å²) in [6.07, 6.45) is 4.28. The Labute approximate surface area is 254 Å². The van der Waals surface area contributed by atoms with Gasteiger partial charge in [-0.3, -0.25) is 4.79 Å². The number of amides is 1. The van der Waals surface area contributed by atoms with Gasteiger partial charge < -0.3 is 24.4 Å². The van der Waals surface area contributed by atoms with Crippen LogP contribution < -0.4 is 14.4 Å². The molecule has 1 saturated heterocycles. The van der Waals surface area contributed by atoms with Gasteiger partial charge in [0, 0.05) is 11.9 Å². The van der Waals surface area contributed by atoms with Gasteiger partial charge in [0.05, 0.1) is 26.0 Å². The van der Waals surface area contributed by atoms with E-state index in [4.69, 9.17) is 9.47 Å². The molecule has 2 aliphatic rings. The van der Waals surface area contributed by atoms with E-state index in [9.17, 15) is 9.90 Å². The van der Waals surface area contributed by atoms with Crippen molar-refractivity contribution in [2.45, 2.75) is 47.9 Å². The highest BCUT2D eigenvalue weighted by molar-refractivity contribution is 8.01. The minimum Gasteiger partial charge on any atom is -0.493 e. The molecular weight excluding hydrogens is 556 g/mol. The number of carbonyl (C=O) groups is 1. The minimum atomic E-state index is -0.741. The van der Waals surface area contributed by atoms with Crippen molar-refractivity contribution in [1.29, 1.82) is 0 Å². The van der Waals surface area contributed by atoms with Gasteiger partial charge in [0.25, 0.3) is 0 Å². The van der Waals surface area contributed by atoms with Crippen LogP contribution in [0.2, 0.25) is 0 Å². The van der Waals surface area contributed by atoms with Gasteiger partial charge in [-0.1, -0.05) is 48.5 Å². The number of para-hydroxylation sites is 1. The summed E-state index contributed by atoms with van der Waals surface area (Å²) < 4.78 is 10.4.